The summed E-state index contributed by atoms with van der Waals surface area (Å²) in [6, 6.07) is 5.75. The molecule has 0 amide bonds. The molecule has 0 atom stereocenters. The van der Waals surface area contributed by atoms with Gasteiger partial charge in [0.05, 0.1) is 10.0 Å². The molecule has 0 spiro atoms. The van der Waals surface area contributed by atoms with Crippen molar-refractivity contribution in [2.24, 2.45) is 0 Å². The van der Waals surface area contributed by atoms with E-state index in [-0.39, 0.29) is 0 Å². The number of dihydropyridines is 1. The summed E-state index contributed by atoms with van der Waals surface area (Å²) in [4.78, 5) is 0. The maximum absolute atomic E-state index is 5.97. The van der Waals surface area contributed by atoms with E-state index in [1.165, 1.54) is 16.8 Å². The van der Waals surface area contributed by atoms with Crippen molar-refractivity contribution in [1.82, 2.24) is 5.32 Å². The second-order valence-electron chi connectivity index (χ2n) is 3.98. The number of halogens is 2. The van der Waals surface area contributed by atoms with Crippen molar-refractivity contribution < 1.29 is 0 Å². The van der Waals surface area contributed by atoms with E-state index in [2.05, 4.69) is 24.4 Å². The first kappa shape index (κ1) is 11.6. The van der Waals surface area contributed by atoms with Crippen LogP contribution in [0.5, 0.6) is 0 Å². The Hall–Kier alpha value is -0.920. The molecule has 1 aromatic rings. The van der Waals surface area contributed by atoms with Crippen molar-refractivity contribution in [2.45, 2.75) is 13.3 Å². The van der Waals surface area contributed by atoms with Gasteiger partial charge in [0, 0.05) is 18.7 Å². The summed E-state index contributed by atoms with van der Waals surface area (Å²) in [5, 5.41) is 4.58. The van der Waals surface area contributed by atoms with Crippen molar-refractivity contribution in [1.29, 1.82) is 0 Å². The molecule has 2 rings (SSSR count). The summed E-state index contributed by atoms with van der Waals surface area (Å²) < 4.78 is 0. The van der Waals surface area contributed by atoms with Crippen LogP contribution in [0.3, 0.4) is 0 Å². The molecule has 16 heavy (non-hydrogen) atoms. The Labute approximate surface area is 106 Å². The molecule has 1 N–H and O–H groups in total. The van der Waals surface area contributed by atoms with Gasteiger partial charge in [0.15, 0.2) is 0 Å². The average Bonchev–Trinajstić information content (AvgIpc) is 2.27. The third-order valence-corrected chi connectivity index (χ3v) is 3.28. The molecule has 1 aliphatic heterocycles. The fourth-order valence-corrected chi connectivity index (χ4v) is 1.93. The second-order valence-corrected chi connectivity index (χ2v) is 4.80. The molecule has 0 unspecified atom stereocenters. The highest BCUT2D eigenvalue weighted by atomic mass is 35.5. The molecule has 1 heterocycles. The lowest BCUT2D eigenvalue weighted by Crippen LogP contribution is -2.19. The zero-order chi connectivity index (χ0) is 11.5. The lowest BCUT2D eigenvalue weighted by atomic mass is 10.1. The van der Waals surface area contributed by atoms with Gasteiger partial charge < -0.3 is 5.32 Å². The highest BCUT2D eigenvalue weighted by Gasteiger charge is 2.05. The van der Waals surface area contributed by atoms with Crippen LogP contribution in [0.2, 0.25) is 10.0 Å². The predicted octanol–water partition coefficient (Wildman–Crippen LogP) is 3.97. The molecule has 0 saturated carbocycles. The fraction of sp³-hybridized carbons (Fsp3) is 0.231. The van der Waals surface area contributed by atoms with Gasteiger partial charge in [-0.15, -0.1) is 0 Å². The smallest absolute Gasteiger partial charge is 0.0595 e. The van der Waals surface area contributed by atoms with Gasteiger partial charge in [-0.2, -0.15) is 0 Å². The molecular weight excluding hydrogens is 241 g/mol. The van der Waals surface area contributed by atoms with Crippen molar-refractivity contribution in [2.75, 3.05) is 6.54 Å². The zero-order valence-electron chi connectivity index (χ0n) is 9.06. The monoisotopic (exact) mass is 253 g/mol. The molecule has 0 fully saturated rings. The second kappa shape index (κ2) is 4.94. The molecule has 0 saturated heterocycles. The molecule has 1 nitrogen and oxygen atoms in total. The van der Waals surface area contributed by atoms with E-state index in [0.717, 1.165) is 13.0 Å². The van der Waals surface area contributed by atoms with Crippen LogP contribution in [-0.2, 0) is 6.42 Å². The zero-order valence-corrected chi connectivity index (χ0v) is 10.6. The molecule has 3 heteroatoms. The van der Waals surface area contributed by atoms with Crippen LogP contribution in [-0.4, -0.2) is 6.54 Å². The van der Waals surface area contributed by atoms with Gasteiger partial charge in [0.2, 0.25) is 0 Å². The Morgan fingerprint density at radius 2 is 2.00 bits per heavy atom. The van der Waals surface area contributed by atoms with Gasteiger partial charge in [0.1, 0.15) is 0 Å². The van der Waals surface area contributed by atoms with Crippen molar-refractivity contribution in [3.8, 4) is 0 Å². The molecule has 84 valence electrons. The average molecular weight is 254 g/mol. The van der Waals surface area contributed by atoms with Gasteiger partial charge in [-0.05, 0) is 30.7 Å². The predicted molar refractivity (Wildman–Crippen MR) is 70.0 cm³/mol. The van der Waals surface area contributed by atoms with Crippen molar-refractivity contribution in [3.63, 3.8) is 0 Å². The lowest BCUT2D eigenvalue weighted by Gasteiger charge is -2.15. The van der Waals surface area contributed by atoms with Gasteiger partial charge in [-0.3, -0.25) is 0 Å². The van der Waals surface area contributed by atoms with E-state index < -0.39 is 0 Å². The van der Waals surface area contributed by atoms with Crippen LogP contribution < -0.4 is 5.32 Å². The fourth-order valence-electron chi connectivity index (χ4n) is 1.60. The summed E-state index contributed by atoms with van der Waals surface area (Å²) in [6.07, 6.45) is 5.12. The van der Waals surface area contributed by atoms with Crippen LogP contribution in [0.1, 0.15) is 12.5 Å². The minimum Gasteiger partial charge on any atom is -0.384 e. The maximum Gasteiger partial charge on any atom is 0.0595 e. The summed E-state index contributed by atoms with van der Waals surface area (Å²) in [7, 11) is 0. The van der Waals surface area contributed by atoms with E-state index in [0.29, 0.717) is 10.0 Å². The summed E-state index contributed by atoms with van der Waals surface area (Å²) in [5.74, 6) is 0. The number of rotatable bonds is 2. The first-order valence-corrected chi connectivity index (χ1v) is 5.95. The van der Waals surface area contributed by atoms with Gasteiger partial charge >= 0.3 is 0 Å². The van der Waals surface area contributed by atoms with Gasteiger partial charge in [-0.1, -0.05) is 40.9 Å². The molecule has 0 radical (unpaired) electrons. The third kappa shape index (κ3) is 2.81. The molecule has 0 aromatic heterocycles. The maximum atomic E-state index is 5.97. The number of allylic oxidation sites excluding steroid dienone is 3. The Bertz CT molecular complexity index is 461. The van der Waals surface area contributed by atoms with E-state index in [9.17, 15) is 0 Å². The van der Waals surface area contributed by atoms with Crippen LogP contribution in [0.25, 0.3) is 0 Å². The minimum atomic E-state index is 0.603. The third-order valence-electron chi connectivity index (χ3n) is 2.54. The first-order chi connectivity index (χ1) is 7.65. The normalized spacial score (nSPS) is 15.2. The van der Waals surface area contributed by atoms with Crippen LogP contribution in [0.4, 0.5) is 0 Å². The van der Waals surface area contributed by atoms with Crippen LogP contribution in [0.15, 0.2) is 41.6 Å². The quantitative estimate of drug-likeness (QED) is 0.842. The lowest BCUT2D eigenvalue weighted by molar-refractivity contribution is 0.817. The number of hydrogen-bond donors (Lipinski definition) is 1. The van der Waals surface area contributed by atoms with Crippen molar-refractivity contribution >= 4 is 23.2 Å². The van der Waals surface area contributed by atoms with Crippen LogP contribution >= 0.6 is 23.2 Å². The standard InChI is InChI=1S/C13H13Cl2N/c1-9-2-4-11(16-8-9)6-10-3-5-12(14)13(15)7-10/h2-5,7,16H,6,8H2,1H3. The Balaban J connectivity index is 2.12. The Kier molecular flexibility index (Phi) is 3.57. The molecule has 0 bridgehead atoms. The van der Waals surface area contributed by atoms with Gasteiger partial charge in [-0.25, -0.2) is 0 Å². The SMILES string of the molecule is CC1=CC=C(Cc2ccc(Cl)c(Cl)c2)NC1. The highest BCUT2D eigenvalue weighted by Crippen LogP contribution is 2.23. The van der Waals surface area contributed by atoms with E-state index in [4.69, 9.17) is 23.2 Å². The Morgan fingerprint density at radius 1 is 1.19 bits per heavy atom. The first-order valence-electron chi connectivity index (χ1n) is 5.19. The van der Waals surface area contributed by atoms with Crippen molar-refractivity contribution in [3.05, 3.63) is 57.2 Å². The highest BCUT2D eigenvalue weighted by molar-refractivity contribution is 6.42. The van der Waals surface area contributed by atoms with Crippen LogP contribution in [0, 0.1) is 0 Å². The number of nitrogens with one attached hydrogen (secondary N) is 1. The molecule has 0 aliphatic carbocycles. The van der Waals surface area contributed by atoms with Gasteiger partial charge in [0.25, 0.3) is 0 Å². The topological polar surface area (TPSA) is 12.0 Å². The minimum absolute atomic E-state index is 0.603. The molecule has 1 aromatic carbocycles. The van der Waals surface area contributed by atoms with E-state index in [1.54, 1.807) is 0 Å². The number of benzene rings is 1. The summed E-state index contributed by atoms with van der Waals surface area (Å²) in [5.41, 5.74) is 3.72. The van der Waals surface area contributed by atoms with E-state index >= 15 is 0 Å². The Morgan fingerprint density at radius 3 is 2.62 bits per heavy atom. The summed E-state index contributed by atoms with van der Waals surface area (Å²) in [6.45, 7) is 3.03. The molecule has 1 aliphatic rings. The largest absolute Gasteiger partial charge is 0.384 e. The number of hydrogen-bond acceptors (Lipinski definition) is 1. The molecular formula is C13H13Cl2N. The summed E-state index contributed by atoms with van der Waals surface area (Å²) >= 11 is 11.8. The van der Waals surface area contributed by atoms with E-state index in [1.807, 2.05) is 18.2 Å².